The van der Waals surface area contributed by atoms with Crippen LogP contribution in [-0.2, 0) is 11.4 Å². The van der Waals surface area contributed by atoms with Gasteiger partial charge >= 0.3 is 0 Å². The summed E-state index contributed by atoms with van der Waals surface area (Å²) in [4.78, 5) is 4.71. The first-order chi connectivity index (χ1) is 6.70. The van der Waals surface area contributed by atoms with E-state index in [2.05, 4.69) is 5.48 Å². The van der Waals surface area contributed by atoms with Gasteiger partial charge in [-0.25, -0.2) is 4.39 Å². The van der Waals surface area contributed by atoms with Crippen LogP contribution >= 0.6 is 0 Å². The Balaban J connectivity index is 3.01. The minimum Gasteiger partial charge on any atom is -0.496 e. The first-order valence-electron chi connectivity index (χ1n) is 4.28. The lowest BCUT2D eigenvalue weighted by Gasteiger charge is -2.12. The molecular formula is C10H14FNO2. The number of ether oxygens (including phenoxy) is 1. The summed E-state index contributed by atoms with van der Waals surface area (Å²) < 4.78 is 18.3. The van der Waals surface area contributed by atoms with Gasteiger partial charge in [0.1, 0.15) is 11.6 Å². The van der Waals surface area contributed by atoms with Crippen molar-refractivity contribution in [1.82, 2.24) is 5.48 Å². The van der Waals surface area contributed by atoms with Gasteiger partial charge in [0.25, 0.3) is 0 Å². The Kier molecular flexibility index (Phi) is 3.85. The Labute approximate surface area is 82.8 Å². The Morgan fingerprint density at radius 1 is 1.36 bits per heavy atom. The van der Waals surface area contributed by atoms with Crippen molar-refractivity contribution < 1.29 is 14.0 Å². The number of hydrogen-bond donors (Lipinski definition) is 1. The fourth-order valence-electron chi connectivity index (χ4n) is 1.26. The van der Waals surface area contributed by atoms with Gasteiger partial charge in [-0.2, -0.15) is 5.48 Å². The highest BCUT2D eigenvalue weighted by Gasteiger charge is 2.09. The van der Waals surface area contributed by atoms with E-state index >= 15 is 0 Å². The molecule has 0 fully saturated rings. The third-order valence-electron chi connectivity index (χ3n) is 2.10. The van der Waals surface area contributed by atoms with Crippen LogP contribution in [0.5, 0.6) is 5.75 Å². The van der Waals surface area contributed by atoms with E-state index in [-0.39, 0.29) is 5.82 Å². The van der Waals surface area contributed by atoms with Crippen molar-refractivity contribution in [2.24, 2.45) is 0 Å². The maximum atomic E-state index is 13.2. The maximum absolute atomic E-state index is 13.2. The lowest BCUT2D eigenvalue weighted by Crippen LogP contribution is -2.13. The van der Waals surface area contributed by atoms with Crippen molar-refractivity contribution in [2.75, 3.05) is 14.2 Å². The minimum absolute atomic E-state index is 0.237. The lowest BCUT2D eigenvalue weighted by molar-refractivity contribution is 0.0859. The molecule has 0 atom stereocenters. The molecule has 0 bridgehead atoms. The minimum atomic E-state index is -0.237. The van der Waals surface area contributed by atoms with Gasteiger partial charge in [0, 0.05) is 5.56 Å². The number of rotatable bonds is 4. The molecule has 0 unspecified atom stereocenters. The summed E-state index contributed by atoms with van der Waals surface area (Å²) in [6, 6.07) is 3.00. The van der Waals surface area contributed by atoms with E-state index in [1.165, 1.54) is 13.2 Å². The Morgan fingerprint density at radius 3 is 2.64 bits per heavy atom. The number of hydroxylamine groups is 1. The average Bonchev–Trinajstić information content (AvgIpc) is 2.20. The van der Waals surface area contributed by atoms with Crippen LogP contribution in [0.3, 0.4) is 0 Å². The van der Waals surface area contributed by atoms with Crippen LogP contribution in [0.1, 0.15) is 11.1 Å². The maximum Gasteiger partial charge on any atom is 0.126 e. The second-order valence-electron chi connectivity index (χ2n) is 2.88. The van der Waals surface area contributed by atoms with Gasteiger partial charge in [-0.3, -0.25) is 0 Å². The third kappa shape index (κ3) is 2.21. The molecule has 1 aromatic rings. The smallest absolute Gasteiger partial charge is 0.126 e. The molecule has 0 radical (unpaired) electrons. The lowest BCUT2D eigenvalue weighted by atomic mass is 10.1. The average molecular weight is 199 g/mol. The van der Waals surface area contributed by atoms with Crippen molar-refractivity contribution >= 4 is 0 Å². The second-order valence-corrected chi connectivity index (χ2v) is 2.88. The number of benzene rings is 1. The van der Waals surface area contributed by atoms with Crippen molar-refractivity contribution in [3.63, 3.8) is 0 Å². The van der Waals surface area contributed by atoms with Gasteiger partial charge in [0.2, 0.25) is 0 Å². The summed E-state index contributed by atoms with van der Waals surface area (Å²) in [5.41, 5.74) is 4.01. The van der Waals surface area contributed by atoms with Gasteiger partial charge in [0.05, 0.1) is 20.8 Å². The molecule has 14 heavy (non-hydrogen) atoms. The molecule has 3 nitrogen and oxygen atoms in total. The Morgan fingerprint density at radius 2 is 2.07 bits per heavy atom. The van der Waals surface area contributed by atoms with Gasteiger partial charge in [-0.05, 0) is 24.6 Å². The summed E-state index contributed by atoms with van der Waals surface area (Å²) in [6.45, 7) is 2.13. The summed E-state index contributed by atoms with van der Waals surface area (Å²) in [6.07, 6.45) is 0. The van der Waals surface area contributed by atoms with Crippen molar-refractivity contribution in [2.45, 2.75) is 13.5 Å². The highest BCUT2D eigenvalue weighted by Crippen LogP contribution is 2.23. The molecule has 0 aliphatic carbocycles. The van der Waals surface area contributed by atoms with Crippen LogP contribution in [0.2, 0.25) is 0 Å². The van der Waals surface area contributed by atoms with Gasteiger partial charge < -0.3 is 9.57 Å². The molecule has 0 aromatic heterocycles. The molecule has 0 aliphatic heterocycles. The fraction of sp³-hybridized carbons (Fsp3) is 0.400. The van der Waals surface area contributed by atoms with Crippen LogP contribution in [0, 0.1) is 12.7 Å². The molecule has 78 valence electrons. The zero-order chi connectivity index (χ0) is 10.6. The monoisotopic (exact) mass is 199 g/mol. The molecule has 0 saturated heterocycles. The first-order valence-corrected chi connectivity index (χ1v) is 4.28. The predicted molar refractivity (Wildman–Crippen MR) is 51.5 cm³/mol. The molecular weight excluding hydrogens is 185 g/mol. The predicted octanol–water partition coefficient (Wildman–Crippen LogP) is 1.79. The SMILES string of the molecule is CONCc1c(OC)ccc(F)c1C. The summed E-state index contributed by atoms with van der Waals surface area (Å²) in [5.74, 6) is 0.423. The van der Waals surface area contributed by atoms with E-state index in [0.717, 1.165) is 5.56 Å². The van der Waals surface area contributed by atoms with E-state index in [1.54, 1.807) is 20.1 Å². The molecule has 0 saturated carbocycles. The number of hydrogen-bond acceptors (Lipinski definition) is 3. The van der Waals surface area contributed by atoms with E-state index in [4.69, 9.17) is 9.57 Å². The molecule has 0 spiro atoms. The normalized spacial score (nSPS) is 10.3. The summed E-state index contributed by atoms with van der Waals surface area (Å²) in [7, 11) is 3.07. The number of nitrogens with one attached hydrogen (secondary N) is 1. The quantitative estimate of drug-likeness (QED) is 0.750. The van der Waals surface area contributed by atoms with E-state index in [9.17, 15) is 4.39 Å². The van der Waals surface area contributed by atoms with Gasteiger partial charge in [0.15, 0.2) is 0 Å². The molecule has 0 heterocycles. The van der Waals surface area contributed by atoms with Crippen molar-refractivity contribution in [3.05, 3.63) is 29.1 Å². The largest absolute Gasteiger partial charge is 0.496 e. The highest BCUT2D eigenvalue weighted by atomic mass is 19.1. The topological polar surface area (TPSA) is 30.5 Å². The molecule has 4 heteroatoms. The zero-order valence-corrected chi connectivity index (χ0v) is 8.56. The van der Waals surface area contributed by atoms with Crippen LogP contribution in [0.25, 0.3) is 0 Å². The van der Waals surface area contributed by atoms with Crippen LogP contribution in [0.15, 0.2) is 12.1 Å². The standard InChI is InChI=1S/C10H14FNO2/c1-7-8(6-12-14-3)10(13-2)5-4-9(7)11/h4-5,12H,6H2,1-3H3. The molecule has 1 rings (SSSR count). The molecule has 0 aliphatic rings. The van der Waals surface area contributed by atoms with Crippen LogP contribution in [0.4, 0.5) is 4.39 Å². The summed E-state index contributed by atoms with van der Waals surface area (Å²) >= 11 is 0. The third-order valence-corrected chi connectivity index (χ3v) is 2.10. The second kappa shape index (κ2) is 4.93. The molecule has 1 N–H and O–H groups in total. The zero-order valence-electron chi connectivity index (χ0n) is 8.56. The Hall–Kier alpha value is -1.13. The fourth-order valence-corrected chi connectivity index (χ4v) is 1.26. The van der Waals surface area contributed by atoms with Crippen LogP contribution < -0.4 is 10.2 Å². The van der Waals surface area contributed by atoms with Crippen LogP contribution in [-0.4, -0.2) is 14.2 Å². The van der Waals surface area contributed by atoms with Gasteiger partial charge in [-0.1, -0.05) is 0 Å². The molecule has 0 amide bonds. The van der Waals surface area contributed by atoms with E-state index in [0.29, 0.717) is 17.9 Å². The summed E-state index contributed by atoms with van der Waals surface area (Å²) in [5, 5.41) is 0. The van der Waals surface area contributed by atoms with E-state index in [1.807, 2.05) is 0 Å². The number of halogens is 1. The highest BCUT2D eigenvalue weighted by molar-refractivity contribution is 5.40. The van der Waals surface area contributed by atoms with Crippen molar-refractivity contribution in [1.29, 1.82) is 0 Å². The Bertz CT molecular complexity index is 315. The first kappa shape index (κ1) is 10.9. The number of methoxy groups -OCH3 is 1. The van der Waals surface area contributed by atoms with Crippen molar-refractivity contribution in [3.8, 4) is 5.75 Å². The van der Waals surface area contributed by atoms with Gasteiger partial charge in [-0.15, -0.1) is 0 Å². The van der Waals surface area contributed by atoms with E-state index < -0.39 is 0 Å². The molecule has 1 aromatic carbocycles.